The van der Waals surface area contributed by atoms with E-state index in [1.165, 1.54) is 0 Å². The van der Waals surface area contributed by atoms with Gasteiger partial charge in [0.2, 0.25) is 0 Å². The summed E-state index contributed by atoms with van der Waals surface area (Å²) in [6.45, 7) is 0.228. The summed E-state index contributed by atoms with van der Waals surface area (Å²) in [5, 5.41) is 0. The van der Waals surface area contributed by atoms with Crippen LogP contribution in [0.3, 0.4) is 0 Å². The third-order valence-corrected chi connectivity index (χ3v) is 4.29. The van der Waals surface area contributed by atoms with Gasteiger partial charge in [-0.3, -0.25) is 0 Å². The quantitative estimate of drug-likeness (QED) is 0.772. The Morgan fingerprint density at radius 2 is 2.06 bits per heavy atom. The van der Waals surface area contributed by atoms with Crippen molar-refractivity contribution in [2.45, 2.75) is 38.0 Å². The molecule has 102 valence electrons. The second-order valence-corrected chi connectivity index (χ2v) is 5.89. The molecule has 9 heteroatoms. The Morgan fingerprint density at radius 3 is 2.53 bits per heavy atom. The summed E-state index contributed by atoms with van der Waals surface area (Å²) in [6, 6.07) is -0.483. The van der Waals surface area contributed by atoms with E-state index in [1.807, 2.05) is 0 Å². The van der Waals surface area contributed by atoms with E-state index in [0.717, 1.165) is 4.31 Å². The van der Waals surface area contributed by atoms with E-state index in [2.05, 4.69) is 0 Å². The minimum Gasteiger partial charge on any atom is -0.328 e. The molecule has 0 aromatic carbocycles. The molecule has 0 saturated carbocycles. The molecule has 3 N–H and O–H groups in total. The topological polar surface area (TPSA) is 75.4 Å². The van der Waals surface area contributed by atoms with Crippen molar-refractivity contribution in [3.05, 3.63) is 0 Å². The van der Waals surface area contributed by atoms with Gasteiger partial charge in [-0.2, -0.15) is 30.6 Å². The van der Waals surface area contributed by atoms with Crippen molar-refractivity contribution in [1.29, 1.82) is 0 Å². The van der Waals surface area contributed by atoms with Crippen molar-refractivity contribution in [2.75, 3.05) is 13.1 Å². The van der Waals surface area contributed by atoms with Crippen LogP contribution in [0, 0.1) is 0 Å². The predicted molar refractivity (Wildman–Crippen MR) is 56.4 cm³/mol. The summed E-state index contributed by atoms with van der Waals surface area (Å²) in [6.07, 6.45) is -3.65. The van der Waals surface area contributed by atoms with Gasteiger partial charge in [-0.15, -0.1) is 0 Å². The molecular weight excluding hydrogens is 259 g/mol. The van der Waals surface area contributed by atoms with E-state index in [9.17, 15) is 21.6 Å². The molecule has 0 aliphatic carbocycles. The molecule has 0 amide bonds. The fraction of sp³-hybridized carbons (Fsp3) is 1.00. The van der Waals surface area contributed by atoms with Crippen LogP contribution in [-0.4, -0.2) is 44.1 Å². The standard InChI is InChI=1S/C8H16F3N3O2S/c1-6-4-7(12)2-3-14(6)17(15,16)13-5-8(9,10)11/h6-7,13H,2-5,12H2,1H3. The number of rotatable bonds is 3. The fourth-order valence-corrected chi connectivity index (χ4v) is 3.22. The van der Waals surface area contributed by atoms with Crippen molar-refractivity contribution in [3.63, 3.8) is 0 Å². The van der Waals surface area contributed by atoms with Crippen LogP contribution < -0.4 is 10.5 Å². The average molecular weight is 275 g/mol. The van der Waals surface area contributed by atoms with Crippen LogP contribution in [0.2, 0.25) is 0 Å². The number of piperidine rings is 1. The zero-order chi connectivity index (χ0) is 13.3. The molecule has 0 radical (unpaired) electrons. The lowest BCUT2D eigenvalue weighted by atomic mass is 10.0. The SMILES string of the molecule is CC1CC(N)CCN1S(=O)(=O)NCC(F)(F)F. The van der Waals surface area contributed by atoms with E-state index in [1.54, 1.807) is 11.6 Å². The maximum absolute atomic E-state index is 11.9. The van der Waals surface area contributed by atoms with E-state index < -0.39 is 22.9 Å². The highest BCUT2D eigenvalue weighted by atomic mass is 32.2. The van der Waals surface area contributed by atoms with Crippen molar-refractivity contribution < 1.29 is 21.6 Å². The maximum Gasteiger partial charge on any atom is 0.402 e. The molecule has 2 unspecified atom stereocenters. The highest BCUT2D eigenvalue weighted by molar-refractivity contribution is 7.87. The molecule has 5 nitrogen and oxygen atoms in total. The van der Waals surface area contributed by atoms with Crippen molar-refractivity contribution in [2.24, 2.45) is 5.73 Å². The Bertz CT molecular complexity index is 358. The summed E-state index contributed by atoms with van der Waals surface area (Å²) >= 11 is 0. The van der Waals surface area contributed by atoms with Gasteiger partial charge in [0.25, 0.3) is 10.2 Å². The van der Waals surface area contributed by atoms with Gasteiger partial charge in [0.1, 0.15) is 6.54 Å². The molecule has 0 aromatic heterocycles. The highest BCUT2D eigenvalue weighted by Crippen LogP contribution is 2.20. The van der Waals surface area contributed by atoms with Crippen molar-refractivity contribution >= 4 is 10.2 Å². The van der Waals surface area contributed by atoms with E-state index in [-0.39, 0.29) is 18.6 Å². The first-order valence-electron chi connectivity index (χ1n) is 5.20. The number of nitrogens with one attached hydrogen (secondary N) is 1. The Kier molecular flexibility index (Phi) is 4.39. The van der Waals surface area contributed by atoms with Crippen LogP contribution in [0.5, 0.6) is 0 Å². The molecule has 1 rings (SSSR count). The number of halogens is 3. The van der Waals surface area contributed by atoms with Crippen LogP contribution in [0.15, 0.2) is 0 Å². The predicted octanol–water partition coefficient (Wildman–Crippen LogP) is 0.195. The summed E-state index contributed by atoms with van der Waals surface area (Å²) in [7, 11) is -4.08. The third-order valence-electron chi connectivity index (χ3n) is 2.62. The number of nitrogens with two attached hydrogens (primary N) is 1. The summed E-state index contributed by atoms with van der Waals surface area (Å²) in [4.78, 5) is 0. The maximum atomic E-state index is 11.9. The normalized spacial score (nSPS) is 28.3. The van der Waals surface area contributed by atoms with Gasteiger partial charge in [0, 0.05) is 18.6 Å². The number of hydrogen-bond donors (Lipinski definition) is 2. The van der Waals surface area contributed by atoms with Gasteiger partial charge in [-0.25, -0.2) is 0 Å². The molecule has 1 aliphatic rings. The first-order chi connectivity index (χ1) is 7.62. The van der Waals surface area contributed by atoms with Crippen LogP contribution in [-0.2, 0) is 10.2 Å². The molecule has 0 bridgehead atoms. The summed E-state index contributed by atoms with van der Waals surface area (Å²) in [5.41, 5.74) is 5.65. The van der Waals surface area contributed by atoms with Crippen LogP contribution in [0.25, 0.3) is 0 Å². The van der Waals surface area contributed by atoms with Crippen LogP contribution in [0.4, 0.5) is 13.2 Å². The summed E-state index contributed by atoms with van der Waals surface area (Å²) < 4.78 is 61.7. The second kappa shape index (κ2) is 5.09. The summed E-state index contributed by atoms with van der Waals surface area (Å²) in [5.74, 6) is 0. The largest absolute Gasteiger partial charge is 0.402 e. The zero-order valence-corrected chi connectivity index (χ0v) is 10.2. The highest BCUT2D eigenvalue weighted by Gasteiger charge is 2.35. The first kappa shape index (κ1) is 14.7. The Morgan fingerprint density at radius 1 is 1.47 bits per heavy atom. The Balaban J connectivity index is 2.64. The molecule has 2 atom stereocenters. The van der Waals surface area contributed by atoms with E-state index in [4.69, 9.17) is 5.73 Å². The van der Waals surface area contributed by atoms with Crippen molar-refractivity contribution in [1.82, 2.24) is 9.03 Å². The van der Waals surface area contributed by atoms with Gasteiger partial charge in [-0.05, 0) is 19.8 Å². The molecule has 0 aromatic rings. The number of nitrogens with zero attached hydrogens (tertiary/aromatic N) is 1. The Hall–Kier alpha value is -0.380. The zero-order valence-electron chi connectivity index (χ0n) is 9.37. The Labute approximate surface area is 98.3 Å². The first-order valence-corrected chi connectivity index (χ1v) is 6.64. The molecular formula is C8H16F3N3O2S. The third kappa shape index (κ3) is 4.41. The molecule has 1 saturated heterocycles. The van der Waals surface area contributed by atoms with E-state index >= 15 is 0 Å². The fourth-order valence-electron chi connectivity index (χ4n) is 1.80. The molecule has 1 fully saturated rings. The van der Waals surface area contributed by atoms with Gasteiger partial charge in [0.05, 0.1) is 0 Å². The lowest BCUT2D eigenvalue weighted by Gasteiger charge is -2.35. The minimum atomic E-state index is -4.55. The smallest absolute Gasteiger partial charge is 0.328 e. The average Bonchev–Trinajstić information content (AvgIpc) is 2.13. The van der Waals surface area contributed by atoms with Gasteiger partial charge in [0.15, 0.2) is 0 Å². The minimum absolute atomic E-state index is 0.0981. The molecule has 1 heterocycles. The van der Waals surface area contributed by atoms with E-state index in [0.29, 0.717) is 12.8 Å². The lowest BCUT2D eigenvalue weighted by molar-refractivity contribution is -0.121. The lowest BCUT2D eigenvalue weighted by Crippen LogP contribution is -2.53. The second-order valence-electron chi connectivity index (χ2n) is 4.19. The van der Waals surface area contributed by atoms with Gasteiger partial charge < -0.3 is 5.73 Å². The van der Waals surface area contributed by atoms with Crippen LogP contribution >= 0.6 is 0 Å². The molecule has 1 aliphatic heterocycles. The van der Waals surface area contributed by atoms with Crippen LogP contribution in [0.1, 0.15) is 19.8 Å². The van der Waals surface area contributed by atoms with Gasteiger partial charge >= 0.3 is 6.18 Å². The molecule has 0 spiro atoms. The number of alkyl halides is 3. The molecule has 17 heavy (non-hydrogen) atoms. The number of hydrogen-bond acceptors (Lipinski definition) is 3. The van der Waals surface area contributed by atoms with Gasteiger partial charge in [-0.1, -0.05) is 0 Å². The monoisotopic (exact) mass is 275 g/mol. The van der Waals surface area contributed by atoms with Crippen molar-refractivity contribution in [3.8, 4) is 0 Å².